The van der Waals surface area contributed by atoms with Crippen molar-refractivity contribution in [2.24, 2.45) is 0 Å². The van der Waals surface area contributed by atoms with Gasteiger partial charge in [-0.15, -0.1) is 11.3 Å². The van der Waals surface area contributed by atoms with Crippen LogP contribution in [0, 0.1) is 0 Å². The molecule has 0 aliphatic carbocycles. The molecule has 1 aliphatic heterocycles. The van der Waals surface area contributed by atoms with Crippen molar-refractivity contribution >= 4 is 38.3 Å². The predicted octanol–water partition coefficient (Wildman–Crippen LogP) is 3.87. The molecule has 1 amide bonds. The van der Waals surface area contributed by atoms with Gasteiger partial charge in [0.15, 0.2) is 5.13 Å². The van der Waals surface area contributed by atoms with Gasteiger partial charge in [-0.05, 0) is 43.5 Å². The number of thiazole rings is 1. The third-order valence-corrected chi connectivity index (χ3v) is 5.42. The van der Waals surface area contributed by atoms with Crippen LogP contribution in [0.25, 0.3) is 0 Å². The number of hydrogen-bond acceptors (Lipinski definition) is 4. The molecule has 23 heavy (non-hydrogen) atoms. The third kappa shape index (κ3) is 4.54. The van der Waals surface area contributed by atoms with E-state index < -0.39 is 0 Å². The molecule has 0 atom stereocenters. The minimum absolute atomic E-state index is 0.0380. The summed E-state index contributed by atoms with van der Waals surface area (Å²) in [5.41, 5.74) is 1.74. The van der Waals surface area contributed by atoms with Crippen molar-refractivity contribution in [3.63, 3.8) is 0 Å². The average molecular weight is 394 g/mol. The number of anilines is 1. The van der Waals surface area contributed by atoms with Crippen LogP contribution in [0.5, 0.6) is 0 Å². The summed E-state index contributed by atoms with van der Waals surface area (Å²) in [4.78, 5) is 19.1. The van der Waals surface area contributed by atoms with E-state index >= 15 is 0 Å². The first-order valence-electron chi connectivity index (χ1n) is 7.95. The van der Waals surface area contributed by atoms with Gasteiger partial charge in [-0.2, -0.15) is 0 Å². The number of amides is 1. The Bertz CT molecular complexity index is 650. The molecular weight excluding hydrogens is 374 g/mol. The lowest BCUT2D eigenvalue weighted by molar-refractivity contribution is 0.0954. The van der Waals surface area contributed by atoms with E-state index in [-0.39, 0.29) is 5.91 Å². The number of aromatic nitrogens is 1. The Morgan fingerprint density at radius 1 is 1.22 bits per heavy atom. The molecule has 0 saturated carbocycles. The van der Waals surface area contributed by atoms with Crippen LogP contribution in [-0.2, 0) is 6.42 Å². The number of benzene rings is 1. The molecule has 1 aliphatic rings. The zero-order chi connectivity index (χ0) is 16.1. The van der Waals surface area contributed by atoms with Crippen molar-refractivity contribution in [3.05, 3.63) is 45.4 Å². The van der Waals surface area contributed by atoms with Crippen LogP contribution in [-0.4, -0.2) is 30.5 Å². The average Bonchev–Trinajstić information content (AvgIpc) is 3.05. The topological polar surface area (TPSA) is 45.2 Å². The normalized spacial score (nSPS) is 14.7. The number of nitrogens with zero attached hydrogens (tertiary/aromatic N) is 2. The van der Waals surface area contributed by atoms with Crippen molar-refractivity contribution in [3.8, 4) is 0 Å². The van der Waals surface area contributed by atoms with Gasteiger partial charge in [0.2, 0.25) is 0 Å². The first-order valence-corrected chi connectivity index (χ1v) is 9.63. The number of carbonyl (C=O) groups excluding carboxylic acids is 1. The van der Waals surface area contributed by atoms with E-state index in [0.717, 1.165) is 34.8 Å². The lowest BCUT2D eigenvalue weighted by Gasteiger charge is -2.25. The van der Waals surface area contributed by atoms with E-state index in [1.807, 2.05) is 24.3 Å². The highest BCUT2D eigenvalue weighted by molar-refractivity contribution is 9.10. The Kier molecular flexibility index (Phi) is 5.67. The molecular formula is C17H20BrN3OS. The van der Waals surface area contributed by atoms with Crippen molar-refractivity contribution in [2.75, 3.05) is 24.5 Å². The molecule has 122 valence electrons. The SMILES string of the molecule is O=C(NCCc1csc(N2CCCCC2)n1)c1ccc(Br)cc1. The Morgan fingerprint density at radius 3 is 2.70 bits per heavy atom. The number of halogens is 1. The van der Waals surface area contributed by atoms with Crippen molar-refractivity contribution in [1.82, 2.24) is 10.3 Å². The number of carbonyl (C=O) groups is 1. The first-order chi connectivity index (χ1) is 11.2. The molecule has 0 unspecified atom stereocenters. The van der Waals surface area contributed by atoms with Crippen molar-refractivity contribution in [2.45, 2.75) is 25.7 Å². The molecule has 1 aromatic heterocycles. The lowest BCUT2D eigenvalue weighted by atomic mass is 10.1. The van der Waals surface area contributed by atoms with Gasteiger partial charge in [0, 0.05) is 41.5 Å². The number of rotatable bonds is 5. The molecule has 0 spiro atoms. The van der Waals surface area contributed by atoms with Crippen LogP contribution >= 0.6 is 27.3 Å². The summed E-state index contributed by atoms with van der Waals surface area (Å²) in [5.74, 6) is -0.0380. The van der Waals surface area contributed by atoms with E-state index in [2.05, 4.69) is 31.5 Å². The summed E-state index contributed by atoms with van der Waals surface area (Å²) in [7, 11) is 0. The molecule has 3 rings (SSSR count). The Labute approximate surface area is 149 Å². The molecule has 1 fully saturated rings. The highest BCUT2D eigenvalue weighted by Crippen LogP contribution is 2.24. The second-order valence-corrected chi connectivity index (χ2v) is 7.43. The second kappa shape index (κ2) is 7.93. The van der Waals surface area contributed by atoms with Gasteiger partial charge in [-0.25, -0.2) is 4.98 Å². The maximum atomic E-state index is 12.0. The molecule has 1 saturated heterocycles. The standard InChI is InChI=1S/C17H20BrN3OS/c18-14-6-4-13(5-7-14)16(22)19-9-8-15-12-23-17(20-15)21-10-2-1-3-11-21/h4-7,12H,1-3,8-11H2,(H,19,22). The Balaban J connectivity index is 1.48. The van der Waals surface area contributed by atoms with E-state index in [1.165, 1.54) is 19.3 Å². The maximum Gasteiger partial charge on any atom is 0.251 e. The van der Waals surface area contributed by atoms with Crippen LogP contribution < -0.4 is 10.2 Å². The minimum Gasteiger partial charge on any atom is -0.352 e. The Morgan fingerprint density at radius 2 is 1.96 bits per heavy atom. The summed E-state index contributed by atoms with van der Waals surface area (Å²) in [6, 6.07) is 7.38. The molecule has 1 aromatic carbocycles. The largest absolute Gasteiger partial charge is 0.352 e. The third-order valence-electron chi connectivity index (χ3n) is 3.94. The fraction of sp³-hybridized carbons (Fsp3) is 0.412. The minimum atomic E-state index is -0.0380. The van der Waals surface area contributed by atoms with Crippen LogP contribution in [0.2, 0.25) is 0 Å². The Hall–Kier alpha value is -1.40. The quantitative estimate of drug-likeness (QED) is 0.838. The van der Waals surface area contributed by atoms with E-state index in [9.17, 15) is 4.79 Å². The van der Waals surface area contributed by atoms with Crippen molar-refractivity contribution < 1.29 is 4.79 Å². The van der Waals surface area contributed by atoms with Gasteiger partial charge >= 0.3 is 0 Å². The molecule has 0 radical (unpaired) electrons. The highest BCUT2D eigenvalue weighted by Gasteiger charge is 2.14. The van der Waals surface area contributed by atoms with Gasteiger partial charge in [0.25, 0.3) is 5.91 Å². The van der Waals surface area contributed by atoms with Gasteiger partial charge in [0.05, 0.1) is 5.69 Å². The zero-order valence-electron chi connectivity index (χ0n) is 12.9. The summed E-state index contributed by atoms with van der Waals surface area (Å²) in [5, 5.41) is 6.18. The smallest absolute Gasteiger partial charge is 0.251 e. The fourth-order valence-electron chi connectivity index (χ4n) is 2.65. The summed E-state index contributed by atoms with van der Waals surface area (Å²) < 4.78 is 0.974. The first kappa shape index (κ1) is 16.5. The number of nitrogens with one attached hydrogen (secondary N) is 1. The summed E-state index contributed by atoms with van der Waals surface area (Å²) in [6.45, 7) is 2.85. The van der Waals surface area contributed by atoms with Crippen LogP contribution in [0.15, 0.2) is 34.1 Å². The van der Waals surface area contributed by atoms with Gasteiger partial charge in [0.1, 0.15) is 0 Å². The maximum absolute atomic E-state index is 12.0. The van der Waals surface area contributed by atoms with Crippen LogP contribution in [0.4, 0.5) is 5.13 Å². The lowest BCUT2D eigenvalue weighted by Crippen LogP contribution is -2.29. The zero-order valence-corrected chi connectivity index (χ0v) is 15.3. The molecule has 4 nitrogen and oxygen atoms in total. The van der Waals surface area contributed by atoms with Crippen LogP contribution in [0.3, 0.4) is 0 Å². The fourth-order valence-corrected chi connectivity index (χ4v) is 3.83. The molecule has 1 N–H and O–H groups in total. The van der Waals surface area contributed by atoms with Gasteiger partial charge in [-0.3, -0.25) is 4.79 Å². The number of hydrogen-bond donors (Lipinski definition) is 1. The predicted molar refractivity (Wildman–Crippen MR) is 98.4 cm³/mol. The van der Waals surface area contributed by atoms with Gasteiger partial charge in [-0.1, -0.05) is 15.9 Å². The second-order valence-electron chi connectivity index (χ2n) is 5.68. The molecule has 2 aromatic rings. The van der Waals surface area contributed by atoms with Crippen molar-refractivity contribution in [1.29, 1.82) is 0 Å². The van der Waals surface area contributed by atoms with E-state index in [4.69, 9.17) is 4.98 Å². The van der Waals surface area contributed by atoms with Gasteiger partial charge < -0.3 is 10.2 Å². The van der Waals surface area contributed by atoms with E-state index in [0.29, 0.717) is 12.1 Å². The summed E-state index contributed by atoms with van der Waals surface area (Å²) >= 11 is 5.08. The summed E-state index contributed by atoms with van der Waals surface area (Å²) in [6.07, 6.45) is 4.62. The monoisotopic (exact) mass is 393 g/mol. The highest BCUT2D eigenvalue weighted by atomic mass is 79.9. The molecule has 0 bridgehead atoms. The number of piperidine rings is 1. The van der Waals surface area contributed by atoms with E-state index in [1.54, 1.807) is 11.3 Å². The molecule has 6 heteroatoms. The molecule has 2 heterocycles. The van der Waals surface area contributed by atoms with Crippen LogP contribution in [0.1, 0.15) is 35.3 Å².